The predicted octanol–water partition coefficient (Wildman–Crippen LogP) is 2.65. The van der Waals surface area contributed by atoms with Crippen molar-refractivity contribution in [3.05, 3.63) is 0 Å². The van der Waals surface area contributed by atoms with Gasteiger partial charge in [0.1, 0.15) is 0 Å². The number of thioether (sulfide) groups is 1. The summed E-state index contributed by atoms with van der Waals surface area (Å²) in [6, 6.07) is 0. The molecule has 1 aromatic rings. The van der Waals surface area contributed by atoms with Crippen LogP contribution in [0.1, 0.15) is 34.1 Å². The van der Waals surface area contributed by atoms with Crippen LogP contribution in [0.15, 0.2) is 5.16 Å². The van der Waals surface area contributed by atoms with Crippen LogP contribution in [-0.4, -0.2) is 40.3 Å². The van der Waals surface area contributed by atoms with Gasteiger partial charge in [-0.2, -0.15) is 15.0 Å². The van der Waals surface area contributed by atoms with Gasteiger partial charge in [-0.3, -0.25) is 0 Å². The fourth-order valence-corrected chi connectivity index (χ4v) is 1.99. The van der Waals surface area contributed by atoms with Gasteiger partial charge in [0, 0.05) is 25.4 Å². The summed E-state index contributed by atoms with van der Waals surface area (Å²) in [7, 11) is 3.87. The first-order valence-corrected chi connectivity index (χ1v) is 7.00. The summed E-state index contributed by atoms with van der Waals surface area (Å²) in [5.41, 5.74) is 0. The van der Waals surface area contributed by atoms with Crippen LogP contribution in [0.25, 0.3) is 0 Å². The Bertz CT molecular complexity index is 387. The molecule has 1 aromatic heterocycles. The van der Waals surface area contributed by atoms with Gasteiger partial charge in [0.25, 0.3) is 0 Å². The van der Waals surface area contributed by atoms with Crippen LogP contribution in [0, 0.1) is 0 Å². The molecule has 102 valence electrons. The Morgan fingerprint density at radius 1 is 1.17 bits per heavy atom. The van der Waals surface area contributed by atoms with E-state index in [0.717, 1.165) is 18.1 Å². The van der Waals surface area contributed by atoms with E-state index in [2.05, 4.69) is 48.0 Å². The van der Waals surface area contributed by atoms with Crippen molar-refractivity contribution >= 4 is 23.7 Å². The Hall–Kier alpha value is -1.04. The summed E-state index contributed by atoms with van der Waals surface area (Å²) in [5, 5.41) is 3.98. The van der Waals surface area contributed by atoms with Crippen LogP contribution < -0.4 is 10.2 Å². The third-order valence-corrected chi connectivity index (χ3v) is 2.91. The molecule has 0 aliphatic heterocycles. The summed E-state index contributed by atoms with van der Waals surface area (Å²) in [5.74, 6) is 1.35. The molecule has 0 spiro atoms. The highest BCUT2D eigenvalue weighted by Gasteiger charge is 2.16. The van der Waals surface area contributed by atoms with Gasteiger partial charge >= 0.3 is 0 Å². The maximum absolute atomic E-state index is 4.45. The summed E-state index contributed by atoms with van der Waals surface area (Å²) in [6.45, 7) is 9.43. The molecule has 0 aliphatic carbocycles. The zero-order chi connectivity index (χ0) is 13.8. The number of nitrogens with zero attached hydrogens (tertiary/aromatic N) is 4. The van der Waals surface area contributed by atoms with E-state index in [-0.39, 0.29) is 4.75 Å². The number of nitrogens with one attached hydrogen (secondary N) is 1. The van der Waals surface area contributed by atoms with E-state index in [1.54, 1.807) is 11.8 Å². The van der Waals surface area contributed by atoms with Crippen molar-refractivity contribution in [2.45, 2.75) is 44.0 Å². The van der Waals surface area contributed by atoms with Gasteiger partial charge < -0.3 is 10.2 Å². The molecule has 0 radical (unpaired) electrons. The molecule has 0 unspecified atom stereocenters. The van der Waals surface area contributed by atoms with Crippen LogP contribution in [0.4, 0.5) is 11.9 Å². The molecular formula is C12H23N5S. The lowest BCUT2D eigenvalue weighted by atomic mass is 10.3. The zero-order valence-corrected chi connectivity index (χ0v) is 12.9. The SMILES string of the molecule is CCCNc1nc(SC(C)(C)C)nc(N(C)C)n1. The number of anilines is 2. The molecule has 1 N–H and O–H groups in total. The number of rotatable bonds is 5. The van der Waals surface area contributed by atoms with Crippen molar-refractivity contribution in [2.75, 3.05) is 30.9 Å². The van der Waals surface area contributed by atoms with Crippen LogP contribution in [0.5, 0.6) is 0 Å². The minimum Gasteiger partial charge on any atom is -0.354 e. The molecule has 0 aromatic carbocycles. The van der Waals surface area contributed by atoms with Crippen molar-refractivity contribution in [1.82, 2.24) is 15.0 Å². The lowest BCUT2D eigenvalue weighted by molar-refractivity contribution is 0.783. The van der Waals surface area contributed by atoms with Crippen LogP contribution >= 0.6 is 11.8 Å². The molecule has 5 nitrogen and oxygen atoms in total. The van der Waals surface area contributed by atoms with Crippen molar-refractivity contribution < 1.29 is 0 Å². The Balaban J connectivity index is 2.98. The van der Waals surface area contributed by atoms with Crippen molar-refractivity contribution in [3.63, 3.8) is 0 Å². The van der Waals surface area contributed by atoms with Gasteiger partial charge in [0.2, 0.25) is 11.9 Å². The van der Waals surface area contributed by atoms with E-state index >= 15 is 0 Å². The second kappa shape index (κ2) is 6.22. The van der Waals surface area contributed by atoms with Crippen molar-refractivity contribution in [3.8, 4) is 0 Å². The summed E-state index contributed by atoms with van der Waals surface area (Å²) in [6.07, 6.45) is 1.05. The molecule has 1 rings (SSSR count). The molecule has 0 saturated heterocycles. The Kier molecular flexibility index (Phi) is 5.19. The Morgan fingerprint density at radius 3 is 2.33 bits per heavy atom. The molecule has 1 heterocycles. The molecule has 18 heavy (non-hydrogen) atoms. The first-order chi connectivity index (χ1) is 8.31. The largest absolute Gasteiger partial charge is 0.354 e. The minimum atomic E-state index is 0.0902. The fraction of sp³-hybridized carbons (Fsp3) is 0.750. The lowest BCUT2D eigenvalue weighted by Gasteiger charge is -2.18. The van der Waals surface area contributed by atoms with E-state index < -0.39 is 0 Å². The molecule has 0 bridgehead atoms. The normalized spacial score (nSPS) is 11.4. The summed E-state index contributed by atoms with van der Waals surface area (Å²) < 4.78 is 0.0902. The van der Waals surface area contributed by atoms with Crippen molar-refractivity contribution in [2.24, 2.45) is 0 Å². The molecule has 6 heteroatoms. The fourth-order valence-electron chi connectivity index (χ4n) is 1.18. The minimum absolute atomic E-state index is 0.0902. The van der Waals surface area contributed by atoms with Gasteiger partial charge in [0.05, 0.1) is 0 Å². The van der Waals surface area contributed by atoms with E-state index in [1.165, 1.54) is 0 Å². The topological polar surface area (TPSA) is 53.9 Å². The maximum Gasteiger partial charge on any atom is 0.230 e. The number of hydrogen-bond donors (Lipinski definition) is 1. The average Bonchev–Trinajstić information content (AvgIpc) is 2.23. The smallest absolute Gasteiger partial charge is 0.230 e. The Labute approximate surface area is 114 Å². The molecule has 0 atom stereocenters. The second-order valence-corrected chi connectivity index (χ2v) is 7.07. The summed E-state index contributed by atoms with van der Waals surface area (Å²) in [4.78, 5) is 15.2. The van der Waals surface area contributed by atoms with E-state index in [9.17, 15) is 0 Å². The van der Waals surface area contributed by atoms with Gasteiger partial charge in [-0.25, -0.2) is 0 Å². The number of hydrogen-bond acceptors (Lipinski definition) is 6. The van der Waals surface area contributed by atoms with E-state index in [1.807, 2.05) is 19.0 Å². The van der Waals surface area contributed by atoms with Gasteiger partial charge in [-0.15, -0.1) is 0 Å². The van der Waals surface area contributed by atoms with Crippen molar-refractivity contribution in [1.29, 1.82) is 0 Å². The van der Waals surface area contributed by atoms with Gasteiger partial charge in [0.15, 0.2) is 5.16 Å². The first kappa shape index (κ1) is 15.0. The standard InChI is InChI=1S/C12H23N5S/c1-7-8-13-9-14-10(17(5)6)16-11(15-9)18-12(2,3)4/h7-8H2,1-6H3,(H,13,14,15,16). The average molecular weight is 269 g/mol. The quantitative estimate of drug-likeness (QED) is 0.829. The van der Waals surface area contributed by atoms with E-state index in [4.69, 9.17) is 0 Å². The van der Waals surface area contributed by atoms with E-state index in [0.29, 0.717) is 11.9 Å². The van der Waals surface area contributed by atoms with Crippen LogP contribution in [0.2, 0.25) is 0 Å². The van der Waals surface area contributed by atoms with Crippen LogP contribution in [-0.2, 0) is 0 Å². The third kappa shape index (κ3) is 5.08. The third-order valence-electron chi connectivity index (χ3n) is 1.93. The molecule has 0 fully saturated rings. The van der Waals surface area contributed by atoms with Gasteiger partial charge in [-0.05, 0) is 6.42 Å². The number of aromatic nitrogens is 3. The zero-order valence-electron chi connectivity index (χ0n) is 12.1. The first-order valence-electron chi connectivity index (χ1n) is 6.18. The highest BCUT2D eigenvalue weighted by Crippen LogP contribution is 2.30. The highest BCUT2D eigenvalue weighted by atomic mass is 32.2. The molecule has 0 aliphatic rings. The predicted molar refractivity (Wildman–Crippen MR) is 78.5 cm³/mol. The Morgan fingerprint density at radius 2 is 1.83 bits per heavy atom. The molecule has 0 amide bonds. The monoisotopic (exact) mass is 269 g/mol. The van der Waals surface area contributed by atoms with Crippen LogP contribution in [0.3, 0.4) is 0 Å². The molecular weight excluding hydrogens is 246 g/mol. The highest BCUT2D eigenvalue weighted by molar-refractivity contribution is 8.00. The lowest BCUT2D eigenvalue weighted by Crippen LogP contribution is -2.17. The maximum atomic E-state index is 4.45. The molecule has 0 saturated carbocycles. The second-order valence-electron chi connectivity index (χ2n) is 5.28. The summed E-state index contributed by atoms with van der Waals surface area (Å²) >= 11 is 1.65. The van der Waals surface area contributed by atoms with Gasteiger partial charge in [-0.1, -0.05) is 39.5 Å².